The van der Waals surface area contributed by atoms with Crippen LogP contribution in [-0.4, -0.2) is 17.7 Å². The Labute approximate surface area is 121 Å². The molecule has 0 bridgehead atoms. The number of piperidine rings is 1. The molecule has 0 amide bonds. The average Bonchev–Trinajstić information content (AvgIpc) is 2.81. The van der Waals surface area contributed by atoms with Crippen molar-refractivity contribution in [2.45, 2.75) is 18.9 Å². The Kier molecular flexibility index (Phi) is 2.93. The van der Waals surface area contributed by atoms with Crippen LogP contribution in [0.3, 0.4) is 0 Å². The molecule has 0 atom stereocenters. The van der Waals surface area contributed by atoms with Crippen molar-refractivity contribution < 1.29 is 8.78 Å². The quantitative estimate of drug-likeness (QED) is 0.715. The number of benzene rings is 2. The molecular weight excluding hydrogens is 270 g/mol. The summed E-state index contributed by atoms with van der Waals surface area (Å²) in [4.78, 5) is 0. The molecule has 1 aromatic heterocycles. The lowest BCUT2D eigenvalue weighted by atomic mass is 10.1. The third-order valence-corrected chi connectivity index (χ3v) is 4.40. The van der Waals surface area contributed by atoms with Gasteiger partial charge in [0.05, 0.1) is 0 Å². The SMILES string of the molecule is Fc1ccc2c(c1)c1cc(F)ccc1n2C1CCNCC1. The summed E-state index contributed by atoms with van der Waals surface area (Å²) in [6.45, 7) is 1.96. The van der Waals surface area contributed by atoms with Gasteiger partial charge in [0.2, 0.25) is 0 Å². The van der Waals surface area contributed by atoms with Gasteiger partial charge in [-0.15, -0.1) is 0 Å². The Hall–Kier alpha value is -1.94. The molecule has 0 aliphatic carbocycles. The summed E-state index contributed by atoms with van der Waals surface area (Å²) in [5.41, 5.74) is 1.98. The molecule has 3 aromatic rings. The Morgan fingerprint density at radius 1 is 0.857 bits per heavy atom. The molecule has 4 heteroatoms. The number of nitrogens with one attached hydrogen (secondary N) is 1. The highest BCUT2D eigenvalue weighted by atomic mass is 19.1. The van der Waals surface area contributed by atoms with Crippen LogP contribution in [0.15, 0.2) is 36.4 Å². The first-order valence-electron chi connectivity index (χ1n) is 7.33. The van der Waals surface area contributed by atoms with Gasteiger partial charge in [0.15, 0.2) is 0 Å². The Bertz CT molecular complexity index is 757. The van der Waals surface area contributed by atoms with Crippen LogP contribution in [0.5, 0.6) is 0 Å². The summed E-state index contributed by atoms with van der Waals surface area (Å²) in [5, 5.41) is 4.95. The van der Waals surface area contributed by atoms with E-state index in [1.807, 2.05) is 12.1 Å². The predicted molar refractivity (Wildman–Crippen MR) is 80.5 cm³/mol. The molecule has 1 saturated heterocycles. The van der Waals surface area contributed by atoms with Gasteiger partial charge in [-0.25, -0.2) is 8.78 Å². The molecule has 1 aliphatic heterocycles. The molecule has 2 aromatic carbocycles. The molecule has 1 N–H and O–H groups in total. The number of rotatable bonds is 1. The van der Waals surface area contributed by atoms with Crippen LogP contribution in [0.4, 0.5) is 8.78 Å². The fourth-order valence-electron chi connectivity index (χ4n) is 3.46. The Morgan fingerprint density at radius 2 is 1.38 bits per heavy atom. The maximum Gasteiger partial charge on any atom is 0.123 e. The number of aromatic nitrogens is 1. The van der Waals surface area contributed by atoms with Gasteiger partial charge in [0.1, 0.15) is 11.6 Å². The first-order chi connectivity index (χ1) is 10.2. The first-order valence-corrected chi connectivity index (χ1v) is 7.33. The topological polar surface area (TPSA) is 17.0 Å². The van der Waals surface area contributed by atoms with Gasteiger partial charge in [-0.3, -0.25) is 0 Å². The highest BCUT2D eigenvalue weighted by Gasteiger charge is 2.20. The smallest absolute Gasteiger partial charge is 0.123 e. The second-order valence-corrected chi connectivity index (χ2v) is 5.67. The van der Waals surface area contributed by atoms with Gasteiger partial charge in [-0.05, 0) is 62.3 Å². The summed E-state index contributed by atoms with van der Waals surface area (Å²) in [6.07, 6.45) is 2.07. The molecule has 2 nitrogen and oxygen atoms in total. The lowest BCUT2D eigenvalue weighted by molar-refractivity contribution is 0.383. The molecule has 2 heterocycles. The number of nitrogens with zero attached hydrogens (tertiary/aromatic N) is 1. The van der Waals surface area contributed by atoms with E-state index >= 15 is 0 Å². The van der Waals surface area contributed by atoms with Crippen molar-refractivity contribution in [1.29, 1.82) is 0 Å². The molecule has 21 heavy (non-hydrogen) atoms. The Morgan fingerprint density at radius 3 is 1.90 bits per heavy atom. The van der Waals surface area contributed by atoms with Crippen molar-refractivity contribution >= 4 is 21.8 Å². The summed E-state index contributed by atoms with van der Waals surface area (Å²) >= 11 is 0. The van der Waals surface area contributed by atoms with E-state index in [0.717, 1.165) is 47.7 Å². The van der Waals surface area contributed by atoms with Crippen molar-refractivity contribution in [3.05, 3.63) is 48.0 Å². The van der Waals surface area contributed by atoms with E-state index in [0.29, 0.717) is 6.04 Å². The molecule has 1 fully saturated rings. The van der Waals surface area contributed by atoms with Crippen molar-refractivity contribution in [1.82, 2.24) is 9.88 Å². The third kappa shape index (κ3) is 2.02. The zero-order valence-electron chi connectivity index (χ0n) is 11.6. The molecule has 0 saturated carbocycles. The van der Waals surface area contributed by atoms with Crippen LogP contribution in [0, 0.1) is 11.6 Å². The predicted octanol–water partition coefficient (Wildman–Crippen LogP) is 4.00. The maximum atomic E-state index is 13.6. The highest BCUT2D eigenvalue weighted by Crippen LogP contribution is 2.35. The third-order valence-electron chi connectivity index (χ3n) is 4.40. The molecule has 1 aliphatic rings. The van der Waals surface area contributed by atoms with Crippen molar-refractivity contribution in [2.24, 2.45) is 0 Å². The lowest BCUT2D eigenvalue weighted by Crippen LogP contribution is -2.29. The van der Waals surface area contributed by atoms with Crippen LogP contribution in [0.25, 0.3) is 21.8 Å². The zero-order chi connectivity index (χ0) is 14.4. The van der Waals surface area contributed by atoms with E-state index in [-0.39, 0.29) is 11.6 Å². The first kappa shape index (κ1) is 12.8. The molecule has 0 unspecified atom stereocenters. The standard InChI is InChI=1S/C17H16F2N2/c18-11-1-3-16-14(9-11)15-10-12(19)2-4-17(15)21(16)13-5-7-20-8-6-13/h1-4,9-10,13,20H,5-8H2. The fraction of sp³-hybridized carbons (Fsp3) is 0.294. The zero-order valence-corrected chi connectivity index (χ0v) is 11.6. The van der Waals surface area contributed by atoms with Crippen LogP contribution >= 0.6 is 0 Å². The van der Waals surface area contributed by atoms with Crippen LogP contribution < -0.4 is 5.32 Å². The second kappa shape index (κ2) is 4.81. The van der Waals surface area contributed by atoms with Gasteiger partial charge in [0, 0.05) is 27.8 Å². The van der Waals surface area contributed by atoms with Gasteiger partial charge < -0.3 is 9.88 Å². The van der Waals surface area contributed by atoms with Crippen LogP contribution in [-0.2, 0) is 0 Å². The van der Waals surface area contributed by atoms with E-state index in [1.165, 1.54) is 24.3 Å². The minimum Gasteiger partial charge on any atom is -0.337 e. The minimum absolute atomic E-state index is 0.281. The lowest BCUT2D eigenvalue weighted by Gasteiger charge is -2.26. The molecular formula is C17H16F2N2. The molecule has 0 radical (unpaired) electrons. The summed E-state index contributed by atoms with van der Waals surface area (Å²) in [7, 11) is 0. The van der Waals surface area contributed by atoms with E-state index in [4.69, 9.17) is 0 Å². The van der Waals surface area contributed by atoms with Gasteiger partial charge in [0.25, 0.3) is 0 Å². The number of halogens is 2. The molecule has 0 spiro atoms. The van der Waals surface area contributed by atoms with Crippen LogP contribution in [0.2, 0.25) is 0 Å². The van der Waals surface area contributed by atoms with E-state index in [1.54, 1.807) is 0 Å². The second-order valence-electron chi connectivity index (χ2n) is 5.67. The summed E-state index contributed by atoms with van der Waals surface area (Å²) in [6, 6.07) is 9.98. The summed E-state index contributed by atoms with van der Waals surface area (Å²) in [5.74, 6) is -0.563. The van der Waals surface area contributed by atoms with Crippen molar-refractivity contribution in [3.63, 3.8) is 0 Å². The number of hydrogen-bond donors (Lipinski definition) is 1. The number of hydrogen-bond acceptors (Lipinski definition) is 1. The van der Waals surface area contributed by atoms with Gasteiger partial charge in [-0.2, -0.15) is 0 Å². The normalized spacial score (nSPS) is 16.9. The highest BCUT2D eigenvalue weighted by molar-refractivity contribution is 6.08. The van der Waals surface area contributed by atoms with Crippen LogP contribution in [0.1, 0.15) is 18.9 Å². The average molecular weight is 286 g/mol. The maximum absolute atomic E-state index is 13.6. The van der Waals surface area contributed by atoms with Crippen molar-refractivity contribution in [3.8, 4) is 0 Å². The van der Waals surface area contributed by atoms with Gasteiger partial charge >= 0.3 is 0 Å². The monoisotopic (exact) mass is 286 g/mol. The van der Waals surface area contributed by atoms with Crippen molar-refractivity contribution in [2.75, 3.05) is 13.1 Å². The minimum atomic E-state index is -0.281. The van der Waals surface area contributed by atoms with E-state index in [9.17, 15) is 8.78 Å². The van der Waals surface area contributed by atoms with Gasteiger partial charge in [-0.1, -0.05) is 0 Å². The fourth-order valence-corrected chi connectivity index (χ4v) is 3.46. The molecule has 4 rings (SSSR count). The summed E-state index contributed by atoms with van der Waals surface area (Å²) < 4.78 is 29.5. The van der Waals surface area contributed by atoms with E-state index < -0.39 is 0 Å². The largest absolute Gasteiger partial charge is 0.337 e. The molecule has 108 valence electrons. The number of fused-ring (bicyclic) bond motifs is 3. The van der Waals surface area contributed by atoms with E-state index in [2.05, 4.69) is 9.88 Å². The Balaban J connectivity index is 2.06.